The molecule has 0 aromatic carbocycles. The van der Waals surface area contributed by atoms with Gasteiger partial charge in [-0.05, 0) is 32.9 Å². The maximum Gasteiger partial charge on any atom is 0.0938 e. The summed E-state index contributed by atoms with van der Waals surface area (Å²) in [7, 11) is 0. The van der Waals surface area contributed by atoms with Gasteiger partial charge in [-0.3, -0.25) is 9.67 Å². The lowest BCUT2D eigenvalue weighted by molar-refractivity contribution is 0.0550. The van der Waals surface area contributed by atoms with Crippen LogP contribution in [0.3, 0.4) is 0 Å². The molecular weight excluding hydrogens is 226 g/mol. The molecule has 1 N–H and O–H groups in total. The monoisotopic (exact) mass is 245 g/mol. The predicted molar refractivity (Wildman–Crippen MR) is 70.1 cm³/mol. The van der Waals surface area contributed by atoms with Crippen LogP contribution in [-0.4, -0.2) is 19.9 Å². The third kappa shape index (κ3) is 2.59. The number of aromatic nitrogens is 3. The molecule has 0 spiro atoms. The number of hydrogen-bond donors (Lipinski definition) is 1. The highest BCUT2D eigenvalue weighted by Gasteiger charge is 2.25. The molecule has 0 radical (unpaired) electrons. The lowest BCUT2D eigenvalue weighted by atomic mass is 9.92. The second-order valence-corrected chi connectivity index (χ2v) is 4.79. The fraction of sp³-hybridized carbons (Fsp3) is 0.429. The Hall–Kier alpha value is -1.68. The van der Waals surface area contributed by atoms with Crippen molar-refractivity contribution >= 4 is 0 Å². The van der Waals surface area contributed by atoms with Crippen molar-refractivity contribution in [3.05, 3.63) is 47.5 Å². The Bertz CT molecular complexity index is 517. The molecule has 0 bridgehead atoms. The predicted octanol–water partition coefficient (Wildman–Crippen LogP) is 2.06. The molecule has 4 nitrogen and oxygen atoms in total. The topological polar surface area (TPSA) is 50.9 Å². The van der Waals surface area contributed by atoms with Gasteiger partial charge in [0.2, 0.25) is 0 Å². The van der Waals surface area contributed by atoms with Crippen molar-refractivity contribution in [1.82, 2.24) is 14.8 Å². The van der Waals surface area contributed by atoms with E-state index in [9.17, 15) is 5.11 Å². The summed E-state index contributed by atoms with van der Waals surface area (Å²) in [5.74, 6) is 0. The summed E-state index contributed by atoms with van der Waals surface area (Å²) in [6, 6.07) is 5.76. The summed E-state index contributed by atoms with van der Waals surface area (Å²) in [4.78, 5) is 4.06. The van der Waals surface area contributed by atoms with E-state index >= 15 is 0 Å². The van der Waals surface area contributed by atoms with Crippen LogP contribution in [0.2, 0.25) is 0 Å². The Morgan fingerprint density at radius 2 is 2.22 bits per heavy atom. The zero-order chi connectivity index (χ0) is 13.2. The van der Waals surface area contributed by atoms with Gasteiger partial charge in [-0.15, -0.1) is 0 Å². The lowest BCUT2D eigenvalue weighted by Gasteiger charge is -2.23. The maximum absolute atomic E-state index is 10.6. The molecule has 0 fully saturated rings. The van der Waals surface area contributed by atoms with Crippen LogP contribution < -0.4 is 0 Å². The number of rotatable bonds is 4. The standard InChI is InChI=1S/C14H19N3O/c1-4-17-13(8-11(2)16-17)9-14(3,18)12-6-5-7-15-10-12/h5-8,10,18H,4,9H2,1-3H3. The maximum atomic E-state index is 10.6. The highest BCUT2D eigenvalue weighted by Crippen LogP contribution is 2.24. The third-order valence-corrected chi connectivity index (χ3v) is 3.09. The number of nitrogens with zero attached hydrogens (tertiary/aromatic N) is 3. The van der Waals surface area contributed by atoms with E-state index < -0.39 is 5.60 Å². The van der Waals surface area contributed by atoms with Crippen LogP contribution in [0.4, 0.5) is 0 Å². The largest absolute Gasteiger partial charge is 0.385 e. The van der Waals surface area contributed by atoms with E-state index in [0.717, 1.165) is 23.5 Å². The summed E-state index contributed by atoms with van der Waals surface area (Å²) in [5.41, 5.74) is 1.93. The number of aliphatic hydroxyl groups is 1. The second kappa shape index (κ2) is 4.90. The third-order valence-electron chi connectivity index (χ3n) is 3.09. The van der Waals surface area contributed by atoms with E-state index in [2.05, 4.69) is 17.0 Å². The zero-order valence-electron chi connectivity index (χ0n) is 11.1. The molecule has 2 heterocycles. The van der Waals surface area contributed by atoms with Crippen molar-refractivity contribution in [3.63, 3.8) is 0 Å². The first-order chi connectivity index (χ1) is 8.53. The SMILES string of the molecule is CCn1nc(C)cc1CC(C)(O)c1cccnc1. The van der Waals surface area contributed by atoms with E-state index in [-0.39, 0.29) is 0 Å². The van der Waals surface area contributed by atoms with Crippen molar-refractivity contribution in [2.45, 2.75) is 39.3 Å². The van der Waals surface area contributed by atoms with Gasteiger partial charge in [-0.1, -0.05) is 6.07 Å². The zero-order valence-corrected chi connectivity index (χ0v) is 11.1. The van der Waals surface area contributed by atoms with Crippen LogP contribution in [0.15, 0.2) is 30.6 Å². The number of pyridine rings is 1. The molecule has 0 aliphatic carbocycles. The summed E-state index contributed by atoms with van der Waals surface area (Å²) in [5, 5.41) is 15.0. The molecule has 18 heavy (non-hydrogen) atoms. The van der Waals surface area contributed by atoms with Crippen LogP contribution in [0, 0.1) is 6.92 Å². The van der Waals surface area contributed by atoms with Gasteiger partial charge in [0, 0.05) is 36.6 Å². The van der Waals surface area contributed by atoms with Crippen LogP contribution in [0.25, 0.3) is 0 Å². The van der Waals surface area contributed by atoms with Gasteiger partial charge in [0.15, 0.2) is 0 Å². The van der Waals surface area contributed by atoms with Gasteiger partial charge in [0.05, 0.1) is 11.3 Å². The lowest BCUT2D eigenvalue weighted by Crippen LogP contribution is -2.26. The Balaban J connectivity index is 2.27. The molecule has 0 aliphatic heterocycles. The van der Waals surface area contributed by atoms with Gasteiger partial charge >= 0.3 is 0 Å². The fourth-order valence-electron chi connectivity index (χ4n) is 2.15. The van der Waals surface area contributed by atoms with Gasteiger partial charge in [-0.25, -0.2) is 0 Å². The second-order valence-electron chi connectivity index (χ2n) is 4.79. The van der Waals surface area contributed by atoms with E-state index in [0.29, 0.717) is 6.42 Å². The Morgan fingerprint density at radius 3 is 2.83 bits per heavy atom. The minimum Gasteiger partial charge on any atom is -0.385 e. The molecule has 2 aromatic rings. The Morgan fingerprint density at radius 1 is 1.44 bits per heavy atom. The first-order valence-corrected chi connectivity index (χ1v) is 6.19. The van der Waals surface area contributed by atoms with Crippen molar-refractivity contribution in [2.24, 2.45) is 0 Å². The first kappa shape index (κ1) is 12.8. The fourth-order valence-corrected chi connectivity index (χ4v) is 2.15. The van der Waals surface area contributed by atoms with Gasteiger partial charge in [-0.2, -0.15) is 5.10 Å². The number of hydrogen-bond acceptors (Lipinski definition) is 3. The van der Waals surface area contributed by atoms with E-state index in [1.54, 1.807) is 12.4 Å². The van der Waals surface area contributed by atoms with Gasteiger partial charge < -0.3 is 5.11 Å². The van der Waals surface area contributed by atoms with Gasteiger partial charge in [0.25, 0.3) is 0 Å². The molecule has 2 aromatic heterocycles. The normalized spacial score (nSPS) is 14.4. The highest BCUT2D eigenvalue weighted by atomic mass is 16.3. The molecule has 96 valence electrons. The van der Waals surface area contributed by atoms with E-state index in [1.807, 2.05) is 36.7 Å². The smallest absolute Gasteiger partial charge is 0.0938 e. The summed E-state index contributed by atoms with van der Waals surface area (Å²) in [6.45, 7) is 6.64. The minimum atomic E-state index is -0.923. The molecule has 4 heteroatoms. The molecule has 0 saturated heterocycles. The van der Waals surface area contributed by atoms with E-state index in [4.69, 9.17) is 0 Å². The first-order valence-electron chi connectivity index (χ1n) is 6.19. The van der Waals surface area contributed by atoms with Crippen molar-refractivity contribution in [1.29, 1.82) is 0 Å². The van der Waals surface area contributed by atoms with Crippen molar-refractivity contribution < 1.29 is 5.11 Å². The molecule has 1 atom stereocenters. The molecule has 1 unspecified atom stereocenters. The Kier molecular flexibility index (Phi) is 3.48. The van der Waals surface area contributed by atoms with Crippen LogP contribution >= 0.6 is 0 Å². The quantitative estimate of drug-likeness (QED) is 0.897. The van der Waals surface area contributed by atoms with Crippen molar-refractivity contribution in [3.8, 4) is 0 Å². The summed E-state index contributed by atoms with van der Waals surface area (Å²) < 4.78 is 1.93. The number of aryl methyl sites for hydroxylation is 2. The minimum absolute atomic E-state index is 0.535. The highest BCUT2D eigenvalue weighted by molar-refractivity contribution is 5.21. The molecule has 0 aliphatic rings. The van der Waals surface area contributed by atoms with Gasteiger partial charge in [0.1, 0.15) is 0 Å². The van der Waals surface area contributed by atoms with Crippen LogP contribution in [0.1, 0.15) is 30.8 Å². The van der Waals surface area contributed by atoms with Crippen LogP contribution in [0.5, 0.6) is 0 Å². The molecule has 2 rings (SSSR count). The molecular formula is C14H19N3O. The molecule has 0 saturated carbocycles. The summed E-state index contributed by atoms with van der Waals surface area (Å²) >= 11 is 0. The Labute approximate surface area is 107 Å². The van der Waals surface area contributed by atoms with Crippen LogP contribution in [-0.2, 0) is 18.6 Å². The molecule has 0 amide bonds. The van der Waals surface area contributed by atoms with Crippen molar-refractivity contribution in [2.75, 3.05) is 0 Å². The summed E-state index contributed by atoms with van der Waals surface area (Å²) in [6.07, 6.45) is 3.95. The average Bonchev–Trinajstić information content (AvgIpc) is 2.70. The average molecular weight is 245 g/mol. The van der Waals surface area contributed by atoms with E-state index in [1.165, 1.54) is 0 Å².